The smallest absolute Gasteiger partial charge is 0.343 e. The molecule has 3 aromatic carbocycles. The van der Waals surface area contributed by atoms with Crippen molar-refractivity contribution < 1.29 is 22.7 Å². The van der Waals surface area contributed by atoms with Gasteiger partial charge in [0, 0.05) is 26.2 Å². The van der Waals surface area contributed by atoms with E-state index < -0.39 is 15.7 Å². The summed E-state index contributed by atoms with van der Waals surface area (Å²) in [5, 5.41) is 0. The van der Waals surface area contributed by atoms with Crippen LogP contribution >= 0.6 is 0 Å². The monoisotopic (exact) mass is 550 g/mol. The van der Waals surface area contributed by atoms with Crippen LogP contribution in [0.2, 0.25) is 0 Å². The number of ether oxygens (including phenoxy) is 2. The predicted molar refractivity (Wildman–Crippen MR) is 148 cm³/mol. The zero-order chi connectivity index (χ0) is 27.6. The number of imidazole rings is 1. The third-order valence-electron chi connectivity index (χ3n) is 6.83. The summed E-state index contributed by atoms with van der Waals surface area (Å²) in [4.78, 5) is 30.7. The second kappa shape index (κ2) is 10.9. The summed E-state index contributed by atoms with van der Waals surface area (Å²) in [6.45, 7) is 4.39. The highest BCUT2D eigenvalue weighted by atomic mass is 32.2. The number of piperazine rings is 1. The van der Waals surface area contributed by atoms with E-state index >= 15 is 0 Å². The van der Waals surface area contributed by atoms with Crippen LogP contribution in [0.1, 0.15) is 6.92 Å². The lowest BCUT2D eigenvalue weighted by Gasteiger charge is -2.36. The molecule has 0 saturated carbocycles. The molecule has 5 rings (SSSR count). The lowest BCUT2D eigenvalue weighted by molar-refractivity contribution is -0.132. The van der Waals surface area contributed by atoms with Crippen molar-refractivity contribution in [3.63, 3.8) is 0 Å². The van der Waals surface area contributed by atoms with Crippen LogP contribution in [0.4, 0.5) is 5.69 Å². The van der Waals surface area contributed by atoms with Crippen molar-refractivity contribution in [1.29, 1.82) is 0 Å². The van der Waals surface area contributed by atoms with Crippen LogP contribution in [0.5, 0.6) is 11.5 Å². The molecular weight excluding hydrogens is 520 g/mol. The second-order valence-corrected chi connectivity index (χ2v) is 10.9. The van der Waals surface area contributed by atoms with Crippen molar-refractivity contribution in [1.82, 2.24) is 13.4 Å². The summed E-state index contributed by atoms with van der Waals surface area (Å²) >= 11 is 0. The van der Waals surface area contributed by atoms with Gasteiger partial charge in [-0.25, -0.2) is 13.2 Å². The Bertz CT molecular complexity index is 1650. The molecule has 0 aliphatic carbocycles. The molecule has 1 aliphatic rings. The van der Waals surface area contributed by atoms with E-state index in [1.807, 2.05) is 31.2 Å². The largest absolute Gasteiger partial charge is 0.497 e. The average Bonchev–Trinajstić information content (AvgIpc) is 3.25. The first kappa shape index (κ1) is 26.4. The Morgan fingerprint density at radius 2 is 1.51 bits per heavy atom. The molecule has 1 aromatic heterocycles. The van der Waals surface area contributed by atoms with Crippen molar-refractivity contribution in [2.75, 3.05) is 44.8 Å². The Labute approximate surface area is 226 Å². The van der Waals surface area contributed by atoms with E-state index in [1.54, 1.807) is 29.2 Å². The van der Waals surface area contributed by atoms with Gasteiger partial charge in [-0.2, -0.15) is 3.97 Å². The topological polar surface area (TPSA) is 103 Å². The number of rotatable bonds is 8. The summed E-state index contributed by atoms with van der Waals surface area (Å²) in [6.07, 6.45) is 0. The molecule has 0 radical (unpaired) electrons. The quantitative estimate of drug-likeness (QED) is 0.332. The molecule has 10 nitrogen and oxygen atoms in total. The number of para-hydroxylation sites is 4. The third-order valence-corrected chi connectivity index (χ3v) is 8.53. The second-order valence-electron chi connectivity index (χ2n) is 9.07. The van der Waals surface area contributed by atoms with E-state index in [9.17, 15) is 18.0 Å². The summed E-state index contributed by atoms with van der Waals surface area (Å²) in [5.41, 5.74) is 0.778. The molecule has 39 heavy (non-hydrogen) atoms. The minimum absolute atomic E-state index is 0.0527. The van der Waals surface area contributed by atoms with Gasteiger partial charge in [-0.1, -0.05) is 24.3 Å². The minimum Gasteiger partial charge on any atom is -0.497 e. The van der Waals surface area contributed by atoms with Crippen LogP contribution in [-0.2, 0) is 21.4 Å². The van der Waals surface area contributed by atoms with Crippen LogP contribution in [0.15, 0.2) is 82.5 Å². The number of carbonyl (C=O) groups is 1. The molecule has 204 valence electrons. The number of aromatic nitrogens is 2. The molecule has 1 saturated heterocycles. The van der Waals surface area contributed by atoms with Crippen molar-refractivity contribution in [2.24, 2.45) is 0 Å². The van der Waals surface area contributed by atoms with Gasteiger partial charge in [0.15, 0.2) is 0 Å². The molecule has 0 bridgehead atoms. The number of anilines is 1. The first-order chi connectivity index (χ1) is 18.8. The Balaban J connectivity index is 1.39. The maximum Gasteiger partial charge on any atom is 0.343 e. The summed E-state index contributed by atoms with van der Waals surface area (Å²) in [6, 6.07) is 20.2. The van der Waals surface area contributed by atoms with E-state index in [1.165, 1.54) is 35.9 Å². The molecule has 11 heteroatoms. The van der Waals surface area contributed by atoms with Crippen molar-refractivity contribution >= 4 is 32.7 Å². The number of amides is 1. The zero-order valence-corrected chi connectivity index (χ0v) is 22.6. The molecule has 0 atom stereocenters. The Morgan fingerprint density at radius 3 is 2.18 bits per heavy atom. The van der Waals surface area contributed by atoms with E-state index in [-0.39, 0.29) is 22.9 Å². The van der Waals surface area contributed by atoms with Crippen LogP contribution in [0.25, 0.3) is 11.0 Å². The van der Waals surface area contributed by atoms with E-state index in [4.69, 9.17) is 9.47 Å². The van der Waals surface area contributed by atoms with Gasteiger partial charge in [0.05, 0.1) is 35.3 Å². The van der Waals surface area contributed by atoms with Crippen LogP contribution in [0.3, 0.4) is 0 Å². The van der Waals surface area contributed by atoms with Crippen molar-refractivity contribution in [3.05, 3.63) is 83.3 Å². The first-order valence-electron chi connectivity index (χ1n) is 12.7. The third kappa shape index (κ3) is 4.97. The van der Waals surface area contributed by atoms with Gasteiger partial charge in [0.1, 0.15) is 18.0 Å². The van der Waals surface area contributed by atoms with Gasteiger partial charge in [-0.15, -0.1) is 0 Å². The lowest BCUT2D eigenvalue weighted by atomic mass is 10.2. The summed E-state index contributed by atoms with van der Waals surface area (Å²) in [5.74, 6) is 1.05. The Morgan fingerprint density at radius 1 is 0.872 bits per heavy atom. The fourth-order valence-corrected chi connectivity index (χ4v) is 6.25. The minimum atomic E-state index is -4.22. The standard InChI is InChI=1S/C28H30N4O6S/c1-3-38-26-11-7-6-10-25(26)29-16-18-30(19-17-29)27(33)20-31-23-8-4-5-9-24(23)32(28(31)34)39(35,36)22-14-12-21(37-2)13-15-22/h4-15H,3,16-20H2,1-2H3. The van der Waals surface area contributed by atoms with E-state index in [2.05, 4.69) is 4.90 Å². The predicted octanol–water partition coefficient (Wildman–Crippen LogP) is 2.80. The maximum atomic E-state index is 13.5. The van der Waals surface area contributed by atoms with Crippen LogP contribution in [0, 0.1) is 0 Å². The highest BCUT2D eigenvalue weighted by Crippen LogP contribution is 2.29. The molecule has 4 aromatic rings. The molecule has 0 unspecified atom stereocenters. The fraction of sp³-hybridized carbons (Fsp3) is 0.286. The Hall–Kier alpha value is -4.25. The zero-order valence-electron chi connectivity index (χ0n) is 21.8. The van der Waals surface area contributed by atoms with E-state index in [0.717, 1.165) is 15.4 Å². The van der Waals surface area contributed by atoms with Gasteiger partial charge in [0.2, 0.25) is 5.91 Å². The fourth-order valence-electron chi connectivity index (χ4n) is 4.85. The number of methoxy groups -OCH3 is 1. The highest BCUT2D eigenvalue weighted by Gasteiger charge is 2.28. The molecule has 0 N–H and O–H groups in total. The van der Waals surface area contributed by atoms with Gasteiger partial charge in [0.25, 0.3) is 10.0 Å². The van der Waals surface area contributed by atoms with Crippen molar-refractivity contribution in [3.8, 4) is 11.5 Å². The van der Waals surface area contributed by atoms with Gasteiger partial charge in [-0.05, 0) is 55.5 Å². The first-order valence-corrected chi connectivity index (χ1v) is 14.1. The number of carbonyl (C=O) groups excluding carboxylic acids is 1. The van der Waals surface area contributed by atoms with Crippen LogP contribution < -0.4 is 20.1 Å². The van der Waals surface area contributed by atoms with Crippen LogP contribution in [-0.4, -0.2) is 67.7 Å². The molecule has 2 heterocycles. The van der Waals surface area contributed by atoms with E-state index in [0.29, 0.717) is 44.1 Å². The normalized spacial score (nSPS) is 14.0. The number of hydrogen-bond donors (Lipinski definition) is 0. The lowest BCUT2D eigenvalue weighted by Crippen LogP contribution is -2.50. The van der Waals surface area contributed by atoms with Crippen molar-refractivity contribution in [2.45, 2.75) is 18.4 Å². The molecule has 1 aliphatic heterocycles. The molecule has 1 fully saturated rings. The molecular formula is C28H30N4O6S. The molecule has 0 spiro atoms. The summed E-state index contributed by atoms with van der Waals surface area (Å²) in [7, 11) is -2.74. The van der Waals surface area contributed by atoms with Gasteiger partial charge in [-0.3, -0.25) is 9.36 Å². The summed E-state index contributed by atoms with van der Waals surface area (Å²) < 4.78 is 39.9. The van der Waals surface area contributed by atoms with Gasteiger partial charge >= 0.3 is 5.69 Å². The number of fused-ring (bicyclic) bond motifs is 1. The number of nitrogens with zero attached hydrogens (tertiary/aromatic N) is 4. The number of benzene rings is 3. The number of hydrogen-bond acceptors (Lipinski definition) is 7. The maximum absolute atomic E-state index is 13.5. The highest BCUT2D eigenvalue weighted by molar-refractivity contribution is 7.90. The SMILES string of the molecule is CCOc1ccccc1N1CCN(C(=O)Cn2c(=O)n(S(=O)(=O)c3ccc(OC)cc3)c3ccccc32)CC1. The average molecular weight is 551 g/mol. The Kier molecular flexibility index (Phi) is 7.34. The molecule has 1 amide bonds. The van der Waals surface area contributed by atoms with Gasteiger partial charge < -0.3 is 19.3 Å².